The van der Waals surface area contributed by atoms with Crippen LogP contribution < -0.4 is 4.90 Å². The van der Waals surface area contributed by atoms with Crippen molar-refractivity contribution in [1.82, 2.24) is 19.6 Å². The van der Waals surface area contributed by atoms with Crippen molar-refractivity contribution < 1.29 is 14.3 Å². The van der Waals surface area contributed by atoms with Crippen molar-refractivity contribution >= 4 is 11.7 Å². The molecular weight excluding hydrogens is 298 g/mol. The molecule has 126 valence electrons. The van der Waals surface area contributed by atoms with Gasteiger partial charge < -0.3 is 14.4 Å². The quantitative estimate of drug-likeness (QED) is 0.783. The van der Waals surface area contributed by atoms with Crippen LogP contribution in [0.2, 0.25) is 0 Å². The van der Waals surface area contributed by atoms with Crippen LogP contribution in [0.5, 0.6) is 0 Å². The summed E-state index contributed by atoms with van der Waals surface area (Å²) >= 11 is 0. The number of amides is 2. The highest BCUT2D eigenvalue weighted by molar-refractivity contribution is 5.93. The number of carbonyl (C=O) groups is 1. The molecule has 1 unspecified atom stereocenters. The molecule has 3 aliphatic rings. The Bertz CT molecular complexity index is 565. The summed E-state index contributed by atoms with van der Waals surface area (Å²) in [6.45, 7) is 6.45. The van der Waals surface area contributed by atoms with E-state index in [1.807, 2.05) is 17.9 Å². The molecule has 4 rings (SSSR count). The average molecular weight is 321 g/mol. The first-order valence-corrected chi connectivity index (χ1v) is 8.19. The van der Waals surface area contributed by atoms with E-state index in [0.29, 0.717) is 25.9 Å². The molecule has 0 N–H and O–H groups in total. The highest BCUT2D eigenvalue weighted by Gasteiger charge is 2.33. The van der Waals surface area contributed by atoms with Crippen LogP contribution in [0, 0.1) is 0 Å². The molecule has 3 aliphatic heterocycles. The Morgan fingerprint density at radius 3 is 2.87 bits per heavy atom. The molecule has 0 saturated carbocycles. The zero-order valence-corrected chi connectivity index (χ0v) is 13.4. The third-order valence-electron chi connectivity index (χ3n) is 4.77. The van der Waals surface area contributed by atoms with Crippen molar-refractivity contribution in [3.63, 3.8) is 0 Å². The molecule has 0 bridgehead atoms. The Hall–Kier alpha value is -1.64. The number of anilines is 1. The van der Waals surface area contributed by atoms with Gasteiger partial charge in [0, 0.05) is 46.0 Å². The van der Waals surface area contributed by atoms with E-state index < -0.39 is 0 Å². The number of hydrogen-bond acceptors (Lipinski definition) is 5. The molecule has 1 aromatic heterocycles. The number of likely N-dealkylation sites (N-methyl/N-ethyl adjacent to an activating group) is 1. The van der Waals surface area contributed by atoms with Crippen molar-refractivity contribution in [1.29, 1.82) is 0 Å². The number of likely N-dealkylation sites (tertiary alicyclic amines) is 1. The summed E-state index contributed by atoms with van der Waals surface area (Å²) in [5, 5.41) is 4.45. The second-order valence-electron chi connectivity index (χ2n) is 6.47. The minimum Gasteiger partial charge on any atom is -0.376 e. The molecule has 0 spiro atoms. The average Bonchev–Trinajstić information content (AvgIpc) is 3.12. The van der Waals surface area contributed by atoms with Crippen LogP contribution in [0.3, 0.4) is 0 Å². The van der Waals surface area contributed by atoms with E-state index in [4.69, 9.17) is 9.47 Å². The topological polar surface area (TPSA) is 63.1 Å². The summed E-state index contributed by atoms with van der Waals surface area (Å²) < 4.78 is 13.1. The van der Waals surface area contributed by atoms with Gasteiger partial charge in [0.25, 0.3) is 0 Å². The number of urea groups is 1. The van der Waals surface area contributed by atoms with Gasteiger partial charge in [0.15, 0.2) is 0 Å². The molecule has 8 nitrogen and oxygen atoms in total. The number of rotatable bonds is 4. The van der Waals surface area contributed by atoms with Gasteiger partial charge in [0.2, 0.25) is 0 Å². The summed E-state index contributed by atoms with van der Waals surface area (Å²) in [6, 6.07) is 0.429. The van der Waals surface area contributed by atoms with Crippen molar-refractivity contribution in [3.05, 3.63) is 12.4 Å². The molecule has 0 aliphatic carbocycles. The minimum atomic E-state index is 0.0502. The maximum absolute atomic E-state index is 12.0. The number of ether oxygens (including phenoxy) is 2. The van der Waals surface area contributed by atoms with Crippen LogP contribution in [0.15, 0.2) is 12.4 Å². The Morgan fingerprint density at radius 2 is 2.17 bits per heavy atom. The van der Waals surface area contributed by atoms with Gasteiger partial charge in [-0.3, -0.25) is 14.5 Å². The van der Waals surface area contributed by atoms with E-state index in [-0.39, 0.29) is 12.1 Å². The van der Waals surface area contributed by atoms with Gasteiger partial charge >= 0.3 is 6.03 Å². The molecule has 0 aromatic carbocycles. The number of nitrogens with zero attached hydrogens (tertiary/aromatic N) is 5. The lowest BCUT2D eigenvalue weighted by Gasteiger charge is -2.41. The van der Waals surface area contributed by atoms with Crippen LogP contribution >= 0.6 is 0 Å². The molecule has 8 heteroatoms. The van der Waals surface area contributed by atoms with Crippen molar-refractivity contribution in [2.24, 2.45) is 0 Å². The van der Waals surface area contributed by atoms with E-state index in [1.165, 1.54) is 0 Å². The van der Waals surface area contributed by atoms with Gasteiger partial charge in [-0.1, -0.05) is 0 Å². The molecule has 1 aromatic rings. The first-order chi connectivity index (χ1) is 11.2. The molecule has 3 saturated heterocycles. The fourth-order valence-corrected chi connectivity index (χ4v) is 3.34. The lowest BCUT2D eigenvalue weighted by Crippen LogP contribution is -2.52. The van der Waals surface area contributed by atoms with E-state index in [0.717, 1.165) is 38.4 Å². The fraction of sp³-hybridized carbons (Fsp3) is 0.733. The fourth-order valence-electron chi connectivity index (χ4n) is 3.34. The van der Waals surface area contributed by atoms with Gasteiger partial charge in [-0.25, -0.2) is 4.79 Å². The van der Waals surface area contributed by atoms with E-state index in [9.17, 15) is 4.79 Å². The van der Waals surface area contributed by atoms with Gasteiger partial charge in [-0.2, -0.15) is 5.10 Å². The minimum absolute atomic E-state index is 0.0502. The van der Waals surface area contributed by atoms with Crippen molar-refractivity contribution in [2.75, 3.05) is 64.5 Å². The van der Waals surface area contributed by atoms with Gasteiger partial charge in [-0.05, 0) is 0 Å². The van der Waals surface area contributed by atoms with Crippen LogP contribution in [0.4, 0.5) is 10.5 Å². The molecule has 3 fully saturated rings. The summed E-state index contributed by atoms with van der Waals surface area (Å²) in [6.07, 6.45) is 3.97. The molecular formula is C15H23N5O3. The second-order valence-corrected chi connectivity index (χ2v) is 6.47. The Balaban J connectivity index is 1.30. The van der Waals surface area contributed by atoms with Crippen molar-refractivity contribution in [3.8, 4) is 0 Å². The highest BCUT2D eigenvalue weighted by Crippen LogP contribution is 2.25. The zero-order valence-electron chi connectivity index (χ0n) is 13.4. The SMILES string of the molecule is CN1CCN(c2cnn(C3CN(CC4COCCO4)C3)c2)C1=O. The van der Waals surface area contributed by atoms with Crippen LogP contribution in [-0.2, 0) is 9.47 Å². The predicted octanol–water partition coefficient (Wildman–Crippen LogP) is 0.0270. The third-order valence-corrected chi connectivity index (χ3v) is 4.77. The summed E-state index contributed by atoms with van der Waals surface area (Å²) in [5.74, 6) is 0. The van der Waals surface area contributed by atoms with Crippen LogP contribution in [-0.4, -0.2) is 91.3 Å². The molecule has 1 atom stereocenters. The van der Waals surface area contributed by atoms with Crippen LogP contribution in [0.1, 0.15) is 6.04 Å². The Kier molecular flexibility index (Phi) is 3.96. The lowest BCUT2D eigenvalue weighted by atomic mass is 10.1. The van der Waals surface area contributed by atoms with Crippen LogP contribution in [0.25, 0.3) is 0 Å². The van der Waals surface area contributed by atoms with E-state index >= 15 is 0 Å². The first-order valence-electron chi connectivity index (χ1n) is 8.19. The highest BCUT2D eigenvalue weighted by atomic mass is 16.6. The maximum atomic E-state index is 12.0. The van der Waals surface area contributed by atoms with Gasteiger partial charge in [0.05, 0.1) is 43.9 Å². The molecule has 0 radical (unpaired) electrons. The molecule has 2 amide bonds. The normalized spacial score (nSPS) is 26.8. The van der Waals surface area contributed by atoms with Crippen molar-refractivity contribution in [2.45, 2.75) is 12.1 Å². The Morgan fingerprint density at radius 1 is 1.30 bits per heavy atom. The molecule has 23 heavy (non-hydrogen) atoms. The van der Waals surface area contributed by atoms with Gasteiger partial charge in [-0.15, -0.1) is 0 Å². The lowest BCUT2D eigenvalue weighted by molar-refractivity contribution is -0.106. The third kappa shape index (κ3) is 2.93. The largest absolute Gasteiger partial charge is 0.376 e. The smallest absolute Gasteiger partial charge is 0.324 e. The summed E-state index contributed by atoms with van der Waals surface area (Å²) in [7, 11) is 1.83. The Labute approximate surface area is 135 Å². The number of hydrogen-bond donors (Lipinski definition) is 0. The summed E-state index contributed by atoms with van der Waals surface area (Å²) in [4.78, 5) is 17.9. The zero-order chi connectivity index (χ0) is 15.8. The van der Waals surface area contributed by atoms with E-state index in [2.05, 4.69) is 10.00 Å². The summed E-state index contributed by atoms with van der Waals surface area (Å²) in [5.41, 5.74) is 0.891. The van der Waals surface area contributed by atoms with Gasteiger partial charge in [0.1, 0.15) is 0 Å². The number of carbonyl (C=O) groups excluding carboxylic acids is 1. The standard InChI is InChI=1S/C15H23N5O3/c1-17-2-3-19(15(17)21)12-6-16-20(9-12)13-7-18(8-13)10-14-11-22-4-5-23-14/h6,9,13-14H,2-5,7-8,10-11H2,1H3. The molecule has 4 heterocycles. The monoisotopic (exact) mass is 321 g/mol. The first kappa shape index (κ1) is 14.9. The second kappa shape index (κ2) is 6.10. The number of aromatic nitrogens is 2. The van der Waals surface area contributed by atoms with E-state index in [1.54, 1.807) is 16.0 Å². The predicted molar refractivity (Wildman–Crippen MR) is 83.6 cm³/mol. The maximum Gasteiger partial charge on any atom is 0.324 e.